The van der Waals surface area contributed by atoms with Crippen LogP contribution in [0, 0.1) is 0 Å². The fourth-order valence-electron chi connectivity index (χ4n) is 1.29. The van der Waals surface area contributed by atoms with E-state index in [0.29, 0.717) is 5.82 Å². The van der Waals surface area contributed by atoms with Crippen LogP contribution in [0.25, 0.3) is 0 Å². The van der Waals surface area contributed by atoms with Crippen LogP contribution in [-0.4, -0.2) is 40.9 Å². The first kappa shape index (κ1) is 14.9. The van der Waals surface area contributed by atoms with Crippen LogP contribution in [0.15, 0.2) is 12.4 Å². The minimum atomic E-state index is -0.431. The van der Waals surface area contributed by atoms with E-state index in [1.54, 1.807) is 7.05 Å². The molecule has 19 heavy (non-hydrogen) atoms. The maximum Gasteiger partial charge on any atom is 0.271 e. The molecule has 2 amide bonds. The molecule has 1 rings (SSSR count). The van der Waals surface area contributed by atoms with Crippen molar-refractivity contribution in [1.29, 1.82) is 0 Å². The third kappa shape index (κ3) is 5.33. The lowest BCUT2D eigenvalue weighted by atomic mass is 10.1. The molecule has 0 atom stereocenters. The number of nitrogens with zero attached hydrogens (tertiary/aromatic N) is 2. The minimum absolute atomic E-state index is 0.0917. The summed E-state index contributed by atoms with van der Waals surface area (Å²) in [6, 6.07) is 0. The normalized spacial score (nSPS) is 10.7. The Labute approximate surface area is 112 Å². The topological polar surface area (TPSA) is 96.0 Å². The molecule has 7 nitrogen and oxygen atoms in total. The van der Waals surface area contributed by atoms with E-state index in [0.717, 1.165) is 0 Å². The number of rotatable bonds is 4. The van der Waals surface area contributed by atoms with Crippen molar-refractivity contribution >= 4 is 17.6 Å². The van der Waals surface area contributed by atoms with Crippen LogP contribution >= 0.6 is 0 Å². The molecule has 0 saturated carbocycles. The van der Waals surface area contributed by atoms with Crippen molar-refractivity contribution in [2.75, 3.05) is 18.9 Å². The van der Waals surface area contributed by atoms with Crippen LogP contribution < -0.4 is 16.0 Å². The molecular weight excluding hydrogens is 246 g/mol. The highest BCUT2D eigenvalue weighted by Crippen LogP contribution is 2.00. The van der Waals surface area contributed by atoms with Gasteiger partial charge in [-0.3, -0.25) is 9.59 Å². The Balaban J connectivity index is 2.49. The van der Waals surface area contributed by atoms with E-state index < -0.39 is 5.91 Å². The van der Waals surface area contributed by atoms with Gasteiger partial charge in [0.2, 0.25) is 5.91 Å². The van der Waals surface area contributed by atoms with E-state index in [2.05, 4.69) is 25.9 Å². The average molecular weight is 265 g/mol. The Morgan fingerprint density at radius 1 is 1.21 bits per heavy atom. The van der Waals surface area contributed by atoms with Gasteiger partial charge in [0.15, 0.2) is 0 Å². The van der Waals surface area contributed by atoms with Gasteiger partial charge >= 0.3 is 0 Å². The first-order chi connectivity index (χ1) is 8.81. The highest BCUT2D eigenvalue weighted by molar-refractivity contribution is 5.94. The summed E-state index contributed by atoms with van der Waals surface area (Å²) in [6.07, 6.45) is 2.80. The zero-order valence-corrected chi connectivity index (χ0v) is 11.6. The van der Waals surface area contributed by atoms with Crippen molar-refractivity contribution in [3.05, 3.63) is 18.1 Å². The Morgan fingerprint density at radius 3 is 2.37 bits per heavy atom. The number of amides is 2. The monoisotopic (exact) mass is 265 g/mol. The van der Waals surface area contributed by atoms with Gasteiger partial charge in [-0.05, 0) is 20.8 Å². The van der Waals surface area contributed by atoms with Gasteiger partial charge in [-0.15, -0.1) is 0 Å². The zero-order chi connectivity index (χ0) is 14.5. The summed E-state index contributed by atoms with van der Waals surface area (Å²) in [5, 5.41) is 8.03. The summed E-state index contributed by atoms with van der Waals surface area (Å²) in [6.45, 7) is 5.52. The number of carbonyl (C=O) groups is 2. The number of hydrogen-bond acceptors (Lipinski definition) is 5. The third-order valence-corrected chi connectivity index (χ3v) is 2.06. The summed E-state index contributed by atoms with van der Waals surface area (Å²) in [5.41, 5.74) is -0.154. The SMILES string of the molecule is CNc1cnc(C(=O)NCC(=O)NC(C)(C)C)cn1. The Hall–Kier alpha value is -2.18. The summed E-state index contributed by atoms with van der Waals surface area (Å²) in [7, 11) is 1.71. The van der Waals surface area contributed by atoms with Crippen LogP contribution in [0.4, 0.5) is 5.82 Å². The van der Waals surface area contributed by atoms with Gasteiger partial charge in [0, 0.05) is 12.6 Å². The van der Waals surface area contributed by atoms with Gasteiger partial charge in [-0.1, -0.05) is 0 Å². The first-order valence-electron chi connectivity index (χ1n) is 5.91. The Morgan fingerprint density at radius 2 is 1.89 bits per heavy atom. The molecule has 1 aromatic heterocycles. The molecule has 0 fully saturated rings. The second-order valence-corrected chi connectivity index (χ2v) is 5.02. The number of anilines is 1. The van der Waals surface area contributed by atoms with E-state index in [9.17, 15) is 9.59 Å². The van der Waals surface area contributed by atoms with Crippen molar-refractivity contribution < 1.29 is 9.59 Å². The molecule has 0 bridgehead atoms. The number of nitrogens with one attached hydrogen (secondary N) is 3. The van der Waals surface area contributed by atoms with Gasteiger partial charge < -0.3 is 16.0 Å². The molecule has 1 heterocycles. The van der Waals surface area contributed by atoms with Crippen molar-refractivity contribution in [2.45, 2.75) is 26.3 Å². The predicted octanol–water partition coefficient (Wildman–Crippen LogP) is 0.163. The van der Waals surface area contributed by atoms with Gasteiger partial charge in [0.1, 0.15) is 11.5 Å². The van der Waals surface area contributed by atoms with Crippen LogP contribution in [0.3, 0.4) is 0 Å². The van der Waals surface area contributed by atoms with Crippen molar-refractivity contribution in [2.24, 2.45) is 0 Å². The molecule has 104 valence electrons. The van der Waals surface area contributed by atoms with Crippen LogP contribution in [0.2, 0.25) is 0 Å². The average Bonchev–Trinajstić information content (AvgIpc) is 2.34. The second kappa shape index (κ2) is 6.12. The van der Waals surface area contributed by atoms with E-state index in [1.165, 1.54) is 12.4 Å². The fraction of sp³-hybridized carbons (Fsp3) is 0.500. The van der Waals surface area contributed by atoms with Gasteiger partial charge in [0.25, 0.3) is 5.91 Å². The lowest BCUT2D eigenvalue weighted by Crippen LogP contribution is -2.45. The summed E-state index contributed by atoms with van der Waals surface area (Å²) in [5.74, 6) is -0.109. The van der Waals surface area contributed by atoms with E-state index in [4.69, 9.17) is 0 Å². The maximum atomic E-state index is 11.7. The highest BCUT2D eigenvalue weighted by atomic mass is 16.2. The molecule has 1 aromatic rings. The highest BCUT2D eigenvalue weighted by Gasteiger charge is 2.15. The standard InChI is InChI=1S/C12H19N5O2/c1-12(2,3)17-10(18)7-16-11(19)8-5-15-9(13-4)6-14-8/h5-6H,7H2,1-4H3,(H,13,15)(H,16,19)(H,17,18). The summed E-state index contributed by atoms with van der Waals surface area (Å²) < 4.78 is 0. The van der Waals surface area contributed by atoms with Gasteiger partial charge in [0.05, 0.1) is 18.9 Å². The first-order valence-corrected chi connectivity index (χ1v) is 5.91. The fourth-order valence-corrected chi connectivity index (χ4v) is 1.29. The number of aromatic nitrogens is 2. The van der Waals surface area contributed by atoms with Crippen molar-refractivity contribution in [3.8, 4) is 0 Å². The van der Waals surface area contributed by atoms with Crippen LogP contribution in [-0.2, 0) is 4.79 Å². The molecule has 0 spiro atoms. The number of carbonyl (C=O) groups excluding carboxylic acids is 2. The zero-order valence-electron chi connectivity index (χ0n) is 11.6. The van der Waals surface area contributed by atoms with E-state index in [-0.39, 0.29) is 23.7 Å². The van der Waals surface area contributed by atoms with Crippen LogP contribution in [0.5, 0.6) is 0 Å². The molecule has 0 aliphatic carbocycles. The van der Waals surface area contributed by atoms with Crippen molar-refractivity contribution in [3.63, 3.8) is 0 Å². The van der Waals surface area contributed by atoms with Gasteiger partial charge in [-0.2, -0.15) is 0 Å². The third-order valence-electron chi connectivity index (χ3n) is 2.06. The Kier molecular flexibility index (Phi) is 4.80. The molecule has 0 aliphatic heterocycles. The van der Waals surface area contributed by atoms with E-state index in [1.807, 2.05) is 20.8 Å². The summed E-state index contributed by atoms with van der Waals surface area (Å²) in [4.78, 5) is 31.1. The quantitative estimate of drug-likeness (QED) is 0.721. The largest absolute Gasteiger partial charge is 0.372 e. The molecule has 0 saturated heterocycles. The predicted molar refractivity (Wildman–Crippen MR) is 71.8 cm³/mol. The molecule has 0 aliphatic rings. The lowest BCUT2D eigenvalue weighted by molar-refractivity contribution is -0.121. The summed E-state index contributed by atoms with van der Waals surface area (Å²) >= 11 is 0. The minimum Gasteiger partial charge on any atom is -0.372 e. The second-order valence-electron chi connectivity index (χ2n) is 5.02. The maximum absolute atomic E-state index is 11.7. The Bertz CT molecular complexity index is 450. The number of hydrogen-bond donors (Lipinski definition) is 3. The molecular formula is C12H19N5O2. The smallest absolute Gasteiger partial charge is 0.271 e. The molecule has 3 N–H and O–H groups in total. The van der Waals surface area contributed by atoms with E-state index >= 15 is 0 Å². The molecule has 0 aromatic carbocycles. The molecule has 0 radical (unpaired) electrons. The van der Waals surface area contributed by atoms with Crippen molar-refractivity contribution in [1.82, 2.24) is 20.6 Å². The van der Waals surface area contributed by atoms with Crippen LogP contribution in [0.1, 0.15) is 31.3 Å². The van der Waals surface area contributed by atoms with Gasteiger partial charge in [-0.25, -0.2) is 9.97 Å². The molecule has 7 heteroatoms. The lowest BCUT2D eigenvalue weighted by Gasteiger charge is -2.20. The molecule has 0 unspecified atom stereocenters.